The van der Waals surface area contributed by atoms with Crippen molar-refractivity contribution < 1.29 is 23.9 Å². The third kappa shape index (κ3) is 0.757. The summed E-state index contributed by atoms with van der Waals surface area (Å²) in [4.78, 5) is 37.4. The predicted molar refractivity (Wildman–Crippen MR) is 66.4 cm³/mol. The van der Waals surface area contributed by atoms with Crippen molar-refractivity contribution in [2.75, 3.05) is 6.61 Å². The fourth-order valence-corrected chi connectivity index (χ4v) is 5.09. The molecule has 4 atom stereocenters. The van der Waals surface area contributed by atoms with E-state index in [-0.39, 0.29) is 24.8 Å². The van der Waals surface area contributed by atoms with Crippen LogP contribution < -0.4 is 0 Å². The Balaban J connectivity index is 2.08. The van der Waals surface area contributed by atoms with Crippen LogP contribution in [0.1, 0.15) is 33.6 Å². The van der Waals surface area contributed by atoms with Gasteiger partial charge in [-0.3, -0.25) is 14.4 Å². The van der Waals surface area contributed by atoms with Crippen molar-refractivity contribution in [2.24, 2.45) is 16.2 Å². The van der Waals surface area contributed by atoms with E-state index in [4.69, 9.17) is 9.47 Å². The van der Waals surface area contributed by atoms with Gasteiger partial charge < -0.3 is 9.47 Å². The number of cyclic esters (lactones) is 1. The minimum Gasteiger partial charge on any atom is -0.464 e. The van der Waals surface area contributed by atoms with Crippen LogP contribution in [-0.2, 0) is 23.9 Å². The highest BCUT2D eigenvalue weighted by atomic mass is 16.6. The van der Waals surface area contributed by atoms with Crippen LogP contribution in [0.15, 0.2) is 11.6 Å². The van der Waals surface area contributed by atoms with Gasteiger partial charge in [-0.25, -0.2) is 0 Å². The molecular weight excluding hydrogens is 260 g/mol. The van der Waals surface area contributed by atoms with E-state index in [1.807, 2.05) is 19.9 Å². The Bertz CT molecular complexity index is 634. The van der Waals surface area contributed by atoms with Crippen molar-refractivity contribution in [3.63, 3.8) is 0 Å². The number of rotatable bonds is 0. The highest BCUT2D eigenvalue weighted by Crippen LogP contribution is 2.76. The normalized spacial score (nSPS) is 52.4. The van der Waals surface area contributed by atoms with Crippen molar-refractivity contribution in [3.8, 4) is 0 Å². The van der Waals surface area contributed by atoms with Gasteiger partial charge in [0.25, 0.3) is 0 Å². The van der Waals surface area contributed by atoms with Crippen LogP contribution in [0.2, 0.25) is 0 Å². The van der Waals surface area contributed by atoms with Crippen LogP contribution in [0, 0.1) is 16.2 Å². The van der Waals surface area contributed by atoms with E-state index < -0.39 is 27.8 Å². The molecule has 0 radical (unpaired) electrons. The highest BCUT2D eigenvalue weighted by Gasteiger charge is 2.89. The van der Waals surface area contributed by atoms with E-state index in [1.54, 1.807) is 6.92 Å². The van der Waals surface area contributed by atoms with E-state index >= 15 is 0 Å². The van der Waals surface area contributed by atoms with E-state index in [0.29, 0.717) is 6.42 Å². The lowest BCUT2D eigenvalue weighted by Crippen LogP contribution is -2.52. The number of hydrogen-bond acceptors (Lipinski definition) is 5. The van der Waals surface area contributed by atoms with Crippen LogP contribution in [0.5, 0.6) is 0 Å². The molecule has 0 unspecified atom stereocenters. The van der Waals surface area contributed by atoms with Crippen LogP contribution in [0.3, 0.4) is 0 Å². The molecule has 0 aromatic heterocycles. The largest absolute Gasteiger partial charge is 0.464 e. The lowest BCUT2D eigenvalue weighted by Gasteiger charge is -2.42. The van der Waals surface area contributed by atoms with Gasteiger partial charge in [0.2, 0.25) is 0 Å². The molecule has 5 heteroatoms. The number of carbonyl (C=O) groups is 3. The first-order valence-electron chi connectivity index (χ1n) is 6.87. The molecule has 4 rings (SSSR count). The number of hydrogen-bond donors (Lipinski definition) is 0. The predicted octanol–water partition coefficient (Wildman–Crippen LogP) is 1.16. The molecular formula is C15H16O5. The molecule has 0 amide bonds. The third-order valence-electron chi connectivity index (χ3n) is 6.49. The van der Waals surface area contributed by atoms with Crippen LogP contribution in [-0.4, -0.2) is 29.9 Å². The molecule has 2 aliphatic heterocycles. The molecule has 106 valence electrons. The maximum absolute atomic E-state index is 13.2. The van der Waals surface area contributed by atoms with Gasteiger partial charge in [0.1, 0.15) is 23.0 Å². The van der Waals surface area contributed by atoms with Crippen LogP contribution in [0.25, 0.3) is 0 Å². The highest BCUT2D eigenvalue weighted by molar-refractivity contribution is 6.15. The van der Waals surface area contributed by atoms with Crippen molar-refractivity contribution >= 4 is 17.7 Å². The number of carbonyl (C=O) groups excluding carboxylic acids is 3. The van der Waals surface area contributed by atoms with Crippen molar-refractivity contribution in [1.82, 2.24) is 0 Å². The zero-order valence-corrected chi connectivity index (χ0v) is 11.7. The van der Waals surface area contributed by atoms with Gasteiger partial charge >= 0.3 is 11.9 Å². The smallest absolute Gasteiger partial charge is 0.320 e. The monoisotopic (exact) mass is 276 g/mol. The Kier molecular flexibility index (Phi) is 1.73. The zero-order valence-electron chi connectivity index (χ0n) is 11.7. The van der Waals surface area contributed by atoms with Gasteiger partial charge in [0.15, 0.2) is 5.78 Å². The fraction of sp³-hybridized carbons (Fsp3) is 0.667. The number of esters is 2. The fourth-order valence-electron chi connectivity index (χ4n) is 5.09. The molecule has 3 fully saturated rings. The SMILES string of the molecule is CC1=CC[C@@]23OC(=O)C[C@@]12C(=O)[C@@]1(C)C(=O)OC[C@]13C. The standard InChI is InChI=1S/C15H16O5/c1-8-4-5-15-12(2)7-19-11(18)13(12,3)10(17)14(8,15)6-9(16)20-15/h4H,5-7H2,1-3H3/t12-,13+,14+,15+/m1/s1. The second-order valence-corrected chi connectivity index (χ2v) is 6.84. The summed E-state index contributed by atoms with van der Waals surface area (Å²) in [5.74, 6) is -1.04. The van der Waals surface area contributed by atoms with Gasteiger partial charge in [0.05, 0.1) is 11.8 Å². The number of fused-ring (bicyclic) bond motifs is 1. The molecule has 0 N–H and O–H groups in total. The van der Waals surface area contributed by atoms with E-state index in [9.17, 15) is 14.4 Å². The van der Waals surface area contributed by atoms with E-state index in [2.05, 4.69) is 0 Å². The summed E-state index contributed by atoms with van der Waals surface area (Å²) < 4.78 is 10.9. The van der Waals surface area contributed by atoms with Gasteiger partial charge in [-0.1, -0.05) is 18.6 Å². The molecule has 4 aliphatic rings. The number of ketones is 1. The number of ether oxygens (including phenoxy) is 2. The van der Waals surface area contributed by atoms with Gasteiger partial charge in [-0.05, 0) is 13.8 Å². The Morgan fingerprint density at radius 3 is 2.60 bits per heavy atom. The molecule has 2 heterocycles. The Morgan fingerprint density at radius 1 is 1.20 bits per heavy atom. The van der Waals surface area contributed by atoms with Crippen LogP contribution >= 0.6 is 0 Å². The lowest BCUT2D eigenvalue weighted by atomic mass is 9.62. The third-order valence-corrected chi connectivity index (χ3v) is 6.49. The summed E-state index contributed by atoms with van der Waals surface area (Å²) in [5, 5.41) is 0. The second kappa shape index (κ2) is 2.85. The molecule has 0 bridgehead atoms. The quantitative estimate of drug-likeness (QED) is 0.377. The molecule has 2 saturated heterocycles. The molecule has 0 aromatic rings. The van der Waals surface area contributed by atoms with Crippen molar-refractivity contribution in [1.29, 1.82) is 0 Å². The average molecular weight is 276 g/mol. The molecule has 0 aromatic carbocycles. The number of Topliss-reactive ketones (excluding diaryl/α,β-unsaturated/α-hetero) is 1. The summed E-state index contributed by atoms with van der Waals surface area (Å²) in [6.45, 7) is 5.49. The summed E-state index contributed by atoms with van der Waals surface area (Å²) >= 11 is 0. The molecule has 0 spiro atoms. The summed E-state index contributed by atoms with van der Waals surface area (Å²) in [5.41, 5.74) is -3.07. The van der Waals surface area contributed by atoms with Crippen molar-refractivity contribution in [3.05, 3.63) is 11.6 Å². The second-order valence-electron chi connectivity index (χ2n) is 6.84. The van der Waals surface area contributed by atoms with Crippen LogP contribution in [0.4, 0.5) is 0 Å². The molecule has 5 nitrogen and oxygen atoms in total. The maximum atomic E-state index is 13.2. The molecule has 2 aliphatic carbocycles. The Morgan fingerprint density at radius 2 is 1.90 bits per heavy atom. The summed E-state index contributed by atoms with van der Waals surface area (Å²) in [6.07, 6.45) is 2.50. The van der Waals surface area contributed by atoms with Crippen molar-refractivity contribution in [2.45, 2.75) is 39.2 Å². The summed E-state index contributed by atoms with van der Waals surface area (Å²) in [7, 11) is 0. The van der Waals surface area contributed by atoms with Gasteiger partial charge in [-0.2, -0.15) is 0 Å². The molecule has 1 saturated carbocycles. The maximum Gasteiger partial charge on any atom is 0.320 e. The molecule has 20 heavy (non-hydrogen) atoms. The first-order chi connectivity index (χ1) is 9.26. The average Bonchev–Trinajstić information content (AvgIpc) is 2.97. The zero-order chi connectivity index (χ0) is 14.6. The summed E-state index contributed by atoms with van der Waals surface area (Å²) in [6, 6.07) is 0. The van der Waals surface area contributed by atoms with E-state index in [0.717, 1.165) is 5.57 Å². The lowest BCUT2D eigenvalue weighted by molar-refractivity contribution is -0.165. The first-order valence-corrected chi connectivity index (χ1v) is 6.87. The Labute approximate surface area is 116 Å². The van der Waals surface area contributed by atoms with Gasteiger partial charge in [0, 0.05) is 6.42 Å². The Hall–Kier alpha value is -1.65. The minimum atomic E-state index is -1.22. The topological polar surface area (TPSA) is 69.7 Å². The first kappa shape index (κ1) is 12.1. The van der Waals surface area contributed by atoms with E-state index in [1.165, 1.54) is 0 Å². The minimum absolute atomic E-state index is 0.0482. The van der Waals surface area contributed by atoms with Gasteiger partial charge in [-0.15, -0.1) is 0 Å².